The lowest BCUT2D eigenvalue weighted by Crippen LogP contribution is -2.45. The van der Waals surface area contributed by atoms with Gasteiger partial charge in [0.2, 0.25) is 0 Å². The number of allylic oxidation sites excluding steroid dienone is 1. The van der Waals surface area contributed by atoms with Crippen molar-refractivity contribution in [2.24, 2.45) is 5.10 Å². The first-order valence-corrected chi connectivity index (χ1v) is 13.2. The molecule has 1 aliphatic heterocycles. The van der Waals surface area contributed by atoms with Crippen LogP contribution in [-0.4, -0.2) is 56.5 Å². The molecule has 0 spiro atoms. The summed E-state index contributed by atoms with van der Waals surface area (Å²) in [6.07, 6.45) is 0.512. The summed E-state index contributed by atoms with van der Waals surface area (Å²) in [6.45, 7) is 6.18. The fourth-order valence-electron chi connectivity index (χ4n) is 4.50. The van der Waals surface area contributed by atoms with Crippen LogP contribution in [0.15, 0.2) is 71.0 Å². The molecule has 2 amide bonds. The number of hydrogen-bond acceptors (Lipinski definition) is 9. The van der Waals surface area contributed by atoms with Crippen molar-refractivity contribution in [2.75, 3.05) is 26.9 Å². The van der Waals surface area contributed by atoms with E-state index in [2.05, 4.69) is 21.2 Å². The molecule has 11 nitrogen and oxygen atoms in total. The Bertz CT molecular complexity index is 1470. The van der Waals surface area contributed by atoms with E-state index in [0.29, 0.717) is 36.0 Å². The third-order valence-corrected chi connectivity index (χ3v) is 6.32. The smallest absolute Gasteiger partial charge is 0.337 e. The Morgan fingerprint density at radius 1 is 1.02 bits per heavy atom. The second kappa shape index (κ2) is 13.5. The average Bonchev–Trinajstić information content (AvgIpc) is 2.97. The van der Waals surface area contributed by atoms with Gasteiger partial charge in [-0.05, 0) is 56.0 Å². The van der Waals surface area contributed by atoms with Gasteiger partial charge in [-0.15, -0.1) is 0 Å². The van der Waals surface area contributed by atoms with Crippen molar-refractivity contribution in [2.45, 2.75) is 33.0 Å². The lowest BCUT2D eigenvalue weighted by molar-refractivity contribution is -0.136. The Kier molecular flexibility index (Phi) is 9.64. The number of benzene rings is 3. The topological polar surface area (TPSA) is 140 Å². The van der Waals surface area contributed by atoms with Crippen molar-refractivity contribution >= 4 is 29.0 Å². The van der Waals surface area contributed by atoms with E-state index in [4.69, 9.17) is 18.9 Å². The summed E-state index contributed by atoms with van der Waals surface area (Å²) in [6, 6.07) is 15.5. The number of rotatable bonds is 12. The van der Waals surface area contributed by atoms with E-state index in [9.17, 15) is 14.7 Å². The number of methoxy groups -OCH3 is 1. The standard InChI is InChI=1S/C30H34N4O7/c1-5-39-23-13-12-20(21-9-7-8-10-22(21)23)16-31-34-26(35)17-41-24-14-11-19(15-25(24)40-6-2)28-27(29(36)38-4)18(3)32-30(37)33-28/h7-16,26,28,34-35H,5-6,17H2,1-4H3,(H2,32,33,37)/b31-16-/t26-,28+/m1/s1. The maximum absolute atomic E-state index is 12.4. The van der Waals surface area contributed by atoms with Crippen LogP contribution in [0.1, 0.15) is 37.9 Å². The predicted octanol–water partition coefficient (Wildman–Crippen LogP) is 3.76. The fourth-order valence-corrected chi connectivity index (χ4v) is 4.50. The third-order valence-electron chi connectivity index (χ3n) is 6.32. The number of carbonyl (C=O) groups is 2. The first-order chi connectivity index (χ1) is 19.9. The highest BCUT2D eigenvalue weighted by atomic mass is 16.5. The van der Waals surface area contributed by atoms with Gasteiger partial charge < -0.3 is 34.7 Å². The van der Waals surface area contributed by atoms with Gasteiger partial charge in [-0.2, -0.15) is 5.10 Å². The summed E-state index contributed by atoms with van der Waals surface area (Å²) in [4.78, 5) is 24.6. The number of ether oxygens (including phenoxy) is 4. The number of aliphatic hydroxyl groups is 1. The fraction of sp³-hybridized carbons (Fsp3) is 0.300. The monoisotopic (exact) mass is 562 g/mol. The number of carbonyl (C=O) groups excluding carboxylic acids is 2. The molecular formula is C30H34N4O7. The Hall–Kier alpha value is -4.77. The lowest BCUT2D eigenvalue weighted by Gasteiger charge is -2.28. The Morgan fingerprint density at radius 2 is 1.73 bits per heavy atom. The summed E-state index contributed by atoms with van der Waals surface area (Å²) in [5.41, 5.74) is 4.81. The van der Waals surface area contributed by atoms with Gasteiger partial charge in [-0.3, -0.25) is 5.43 Å². The molecule has 0 aromatic heterocycles. The molecule has 1 aliphatic rings. The van der Waals surface area contributed by atoms with Crippen LogP contribution in [0.2, 0.25) is 0 Å². The van der Waals surface area contributed by atoms with Gasteiger partial charge in [0.1, 0.15) is 12.4 Å². The number of hydrazone groups is 1. The third kappa shape index (κ3) is 6.87. The SMILES string of the molecule is CCOc1cc([C@@H]2NC(=O)NC(C)=C2C(=O)OC)ccc1OC[C@@H](O)N/N=C\c1ccc(OCC)c2ccccc12. The summed E-state index contributed by atoms with van der Waals surface area (Å²) in [7, 11) is 1.28. The maximum Gasteiger partial charge on any atom is 0.337 e. The second-order valence-electron chi connectivity index (χ2n) is 9.05. The average molecular weight is 563 g/mol. The zero-order valence-corrected chi connectivity index (χ0v) is 23.4. The molecule has 4 rings (SSSR count). The highest BCUT2D eigenvalue weighted by Gasteiger charge is 2.32. The number of hydrogen-bond donors (Lipinski definition) is 4. The largest absolute Gasteiger partial charge is 0.493 e. The minimum atomic E-state index is -1.12. The van der Waals surface area contributed by atoms with Gasteiger partial charge in [0, 0.05) is 16.6 Å². The number of amides is 2. The Labute approximate surface area is 238 Å². The molecule has 216 valence electrons. The Balaban J connectivity index is 1.45. The van der Waals surface area contributed by atoms with E-state index < -0.39 is 24.3 Å². The molecule has 2 atom stereocenters. The van der Waals surface area contributed by atoms with Crippen LogP contribution in [0.25, 0.3) is 10.8 Å². The molecule has 0 fully saturated rings. The molecule has 4 N–H and O–H groups in total. The van der Waals surface area contributed by atoms with Gasteiger partial charge >= 0.3 is 12.0 Å². The van der Waals surface area contributed by atoms with Crippen LogP contribution in [0.3, 0.4) is 0 Å². The van der Waals surface area contributed by atoms with E-state index in [-0.39, 0.29) is 12.2 Å². The first-order valence-electron chi connectivity index (χ1n) is 13.2. The number of urea groups is 1. The molecular weight excluding hydrogens is 528 g/mol. The zero-order valence-electron chi connectivity index (χ0n) is 23.4. The van der Waals surface area contributed by atoms with E-state index in [1.807, 2.05) is 50.2 Å². The Morgan fingerprint density at radius 3 is 2.46 bits per heavy atom. The maximum atomic E-state index is 12.4. The summed E-state index contributed by atoms with van der Waals surface area (Å²) >= 11 is 0. The molecule has 0 saturated heterocycles. The summed E-state index contributed by atoms with van der Waals surface area (Å²) in [5, 5.41) is 21.9. The number of nitrogens with zero attached hydrogens (tertiary/aromatic N) is 1. The van der Waals surface area contributed by atoms with Gasteiger partial charge in [0.05, 0.1) is 38.2 Å². The minimum Gasteiger partial charge on any atom is -0.493 e. The quantitative estimate of drug-likeness (QED) is 0.113. The molecule has 0 radical (unpaired) electrons. The molecule has 3 aromatic carbocycles. The molecule has 1 heterocycles. The highest BCUT2D eigenvalue weighted by Crippen LogP contribution is 2.35. The number of fused-ring (bicyclic) bond motifs is 1. The van der Waals surface area contributed by atoms with Crippen molar-refractivity contribution in [1.29, 1.82) is 0 Å². The number of aliphatic hydroxyl groups excluding tert-OH is 1. The molecule has 11 heteroatoms. The predicted molar refractivity (Wildman–Crippen MR) is 154 cm³/mol. The highest BCUT2D eigenvalue weighted by molar-refractivity contribution is 6.02. The van der Waals surface area contributed by atoms with Gasteiger partial charge in [-0.25, -0.2) is 9.59 Å². The van der Waals surface area contributed by atoms with E-state index in [0.717, 1.165) is 22.1 Å². The molecule has 0 aliphatic carbocycles. The van der Waals surface area contributed by atoms with Crippen molar-refractivity contribution in [3.63, 3.8) is 0 Å². The summed E-state index contributed by atoms with van der Waals surface area (Å²) < 4.78 is 22.2. The molecule has 41 heavy (non-hydrogen) atoms. The van der Waals surface area contributed by atoms with Gasteiger partial charge in [0.25, 0.3) is 0 Å². The van der Waals surface area contributed by atoms with Gasteiger partial charge in [-0.1, -0.05) is 30.3 Å². The second-order valence-corrected chi connectivity index (χ2v) is 9.05. The first kappa shape index (κ1) is 29.2. The molecule has 0 saturated carbocycles. The number of nitrogens with one attached hydrogen (secondary N) is 3. The van der Waals surface area contributed by atoms with Crippen LogP contribution < -0.4 is 30.3 Å². The number of esters is 1. The normalized spacial score (nSPS) is 15.7. The van der Waals surface area contributed by atoms with Crippen LogP contribution in [0.5, 0.6) is 17.2 Å². The summed E-state index contributed by atoms with van der Waals surface area (Å²) in [5.74, 6) is 0.994. The van der Waals surface area contributed by atoms with Crippen LogP contribution in [0.4, 0.5) is 4.79 Å². The molecule has 0 unspecified atom stereocenters. The van der Waals surface area contributed by atoms with E-state index in [1.54, 1.807) is 31.3 Å². The van der Waals surface area contributed by atoms with Crippen LogP contribution in [0, 0.1) is 0 Å². The van der Waals surface area contributed by atoms with Gasteiger partial charge in [0.15, 0.2) is 17.7 Å². The van der Waals surface area contributed by atoms with Crippen LogP contribution in [-0.2, 0) is 9.53 Å². The zero-order chi connectivity index (χ0) is 29.4. The lowest BCUT2D eigenvalue weighted by atomic mass is 9.95. The molecule has 0 bridgehead atoms. The minimum absolute atomic E-state index is 0.128. The van der Waals surface area contributed by atoms with Crippen molar-refractivity contribution in [3.05, 3.63) is 77.0 Å². The van der Waals surface area contributed by atoms with Crippen LogP contribution >= 0.6 is 0 Å². The van der Waals surface area contributed by atoms with E-state index in [1.165, 1.54) is 7.11 Å². The van der Waals surface area contributed by atoms with Crippen molar-refractivity contribution in [1.82, 2.24) is 16.1 Å². The van der Waals surface area contributed by atoms with E-state index >= 15 is 0 Å². The molecule has 3 aromatic rings. The van der Waals surface area contributed by atoms with Crippen molar-refractivity contribution in [3.8, 4) is 17.2 Å². The van der Waals surface area contributed by atoms with Crippen molar-refractivity contribution < 1.29 is 33.6 Å².